The van der Waals surface area contributed by atoms with E-state index in [2.05, 4.69) is 4.90 Å². The van der Waals surface area contributed by atoms with Crippen molar-refractivity contribution in [3.05, 3.63) is 59.9 Å². The molecule has 1 saturated heterocycles. The van der Waals surface area contributed by atoms with Crippen LogP contribution in [0.3, 0.4) is 0 Å². The number of anilines is 1. The number of para-hydroxylation sites is 1. The van der Waals surface area contributed by atoms with Gasteiger partial charge in [0.2, 0.25) is 0 Å². The summed E-state index contributed by atoms with van der Waals surface area (Å²) in [7, 11) is 1.63. The third-order valence-electron chi connectivity index (χ3n) is 4.65. The summed E-state index contributed by atoms with van der Waals surface area (Å²) in [5.74, 6) is 0.621. The van der Waals surface area contributed by atoms with E-state index in [0.29, 0.717) is 12.2 Å². The largest absolute Gasteiger partial charge is 0.497 e. The number of hydrogen-bond acceptors (Lipinski definition) is 3. The normalized spacial score (nSPS) is 16.9. The summed E-state index contributed by atoms with van der Waals surface area (Å²) in [6, 6.07) is 14.4. The Morgan fingerprint density at radius 3 is 2.42 bits per heavy atom. The predicted octanol–water partition coefficient (Wildman–Crippen LogP) is 1.27. The molecule has 3 rings (SSSR count). The van der Waals surface area contributed by atoms with Gasteiger partial charge in [0.05, 0.1) is 39.0 Å². The van der Waals surface area contributed by atoms with Crippen molar-refractivity contribution in [1.29, 1.82) is 0 Å². The minimum Gasteiger partial charge on any atom is -0.497 e. The summed E-state index contributed by atoms with van der Waals surface area (Å²) >= 11 is 0. The first-order chi connectivity index (χ1) is 11.7. The first kappa shape index (κ1) is 16.7. The van der Waals surface area contributed by atoms with Gasteiger partial charge in [-0.15, -0.1) is 0 Å². The van der Waals surface area contributed by atoms with Crippen molar-refractivity contribution in [2.24, 2.45) is 0 Å². The molecule has 0 radical (unpaired) electrons. The predicted molar refractivity (Wildman–Crippen MR) is 92.1 cm³/mol. The molecule has 128 valence electrons. The second-order valence-electron chi connectivity index (χ2n) is 6.18. The monoisotopic (exact) mass is 331 g/mol. The van der Waals surface area contributed by atoms with Crippen LogP contribution < -0.4 is 14.5 Å². The minimum atomic E-state index is -0.495. The van der Waals surface area contributed by atoms with Gasteiger partial charge in [-0.25, -0.2) is 4.39 Å². The molecule has 2 aromatic carbocycles. The van der Waals surface area contributed by atoms with Gasteiger partial charge < -0.3 is 19.6 Å². The second kappa shape index (κ2) is 7.64. The number of ether oxygens (including phenoxy) is 1. The standard InChI is InChI=1S/C19H23FN2O2/c1-24-16-8-6-15(7-9-16)19(23)14-21-10-12-22(13-11-21)18-5-3-2-4-17(18)20/h2-9,19,23H,10-14H2,1H3/p+1/t19-/m1/s1. The highest BCUT2D eigenvalue weighted by atomic mass is 19.1. The van der Waals surface area contributed by atoms with Crippen LogP contribution in [0.1, 0.15) is 11.7 Å². The van der Waals surface area contributed by atoms with Crippen molar-refractivity contribution in [3.63, 3.8) is 0 Å². The summed E-state index contributed by atoms with van der Waals surface area (Å²) in [4.78, 5) is 3.42. The Bertz CT molecular complexity index is 655. The maximum absolute atomic E-state index is 13.9. The summed E-state index contributed by atoms with van der Waals surface area (Å²) in [5.41, 5.74) is 1.58. The third kappa shape index (κ3) is 3.86. The maximum Gasteiger partial charge on any atom is 0.146 e. The molecule has 0 aromatic heterocycles. The summed E-state index contributed by atoms with van der Waals surface area (Å²) in [6.07, 6.45) is -0.495. The molecule has 5 heteroatoms. The SMILES string of the molecule is COc1ccc([C@H](O)C[NH+]2CCN(c3ccccc3F)CC2)cc1. The lowest BCUT2D eigenvalue weighted by Crippen LogP contribution is -3.15. The Morgan fingerprint density at radius 2 is 1.79 bits per heavy atom. The minimum absolute atomic E-state index is 0.167. The number of aliphatic hydroxyl groups excluding tert-OH is 1. The van der Waals surface area contributed by atoms with E-state index < -0.39 is 6.10 Å². The molecule has 2 N–H and O–H groups in total. The van der Waals surface area contributed by atoms with Crippen LogP contribution in [-0.4, -0.2) is 44.9 Å². The highest BCUT2D eigenvalue weighted by molar-refractivity contribution is 5.47. The van der Waals surface area contributed by atoms with Gasteiger partial charge in [-0.3, -0.25) is 0 Å². The molecule has 0 spiro atoms. The Balaban J connectivity index is 1.54. The highest BCUT2D eigenvalue weighted by Crippen LogP contribution is 2.19. The van der Waals surface area contributed by atoms with Crippen LogP contribution in [0.25, 0.3) is 0 Å². The fraction of sp³-hybridized carbons (Fsp3) is 0.368. The van der Waals surface area contributed by atoms with Crippen molar-refractivity contribution in [2.75, 3.05) is 44.7 Å². The smallest absolute Gasteiger partial charge is 0.146 e. The quantitative estimate of drug-likeness (QED) is 0.867. The van der Waals surface area contributed by atoms with E-state index >= 15 is 0 Å². The fourth-order valence-electron chi connectivity index (χ4n) is 3.19. The van der Waals surface area contributed by atoms with Crippen LogP contribution in [0.4, 0.5) is 10.1 Å². The first-order valence-corrected chi connectivity index (χ1v) is 8.32. The zero-order valence-electron chi connectivity index (χ0n) is 13.9. The van der Waals surface area contributed by atoms with Crippen LogP contribution in [-0.2, 0) is 0 Å². The number of nitrogens with one attached hydrogen (secondary N) is 1. The molecule has 1 aliphatic rings. The molecule has 0 saturated carbocycles. The van der Waals surface area contributed by atoms with Gasteiger partial charge in [0.25, 0.3) is 0 Å². The zero-order chi connectivity index (χ0) is 16.9. The number of methoxy groups -OCH3 is 1. The van der Waals surface area contributed by atoms with Crippen LogP contribution in [0.5, 0.6) is 5.75 Å². The van der Waals surface area contributed by atoms with E-state index in [9.17, 15) is 9.50 Å². The second-order valence-corrected chi connectivity index (χ2v) is 6.18. The topological polar surface area (TPSA) is 37.1 Å². The molecule has 0 unspecified atom stereocenters. The van der Waals surface area contributed by atoms with Gasteiger partial charge in [0, 0.05) is 0 Å². The van der Waals surface area contributed by atoms with Crippen molar-refractivity contribution in [1.82, 2.24) is 0 Å². The third-order valence-corrected chi connectivity index (χ3v) is 4.65. The van der Waals surface area contributed by atoms with E-state index in [1.165, 1.54) is 11.0 Å². The number of quaternary nitrogens is 1. The van der Waals surface area contributed by atoms with E-state index in [0.717, 1.165) is 37.5 Å². The van der Waals surface area contributed by atoms with Gasteiger partial charge in [-0.2, -0.15) is 0 Å². The van der Waals surface area contributed by atoms with Gasteiger partial charge in [-0.1, -0.05) is 24.3 Å². The van der Waals surface area contributed by atoms with Gasteiger partial charge in [0.15, 0.2) is 0 Å². The van der Waals surface area contributed by atoms with Crippen molar-refractivity contribution in [2.45, 2.75) is 6.10 Å². The highest BCUT2D eigenvalue weighted by Gasteiger charge is 2.24. The van der Waals surface area contributed by atoms with Crippen molar-refractivity contribution in [3.8, 4) is 5.75 Å². The number of halogens is 1. The Kier molecular flexibility index (Phi) is 5.33. The van der Waals surface area contributed by atoms with Gasteiger partial charge >= 0.3 is 0 Å². The Morgan fingerprint density at radius 1 is 1.12 bits per heavy atom. The number of nitrogens with zero attached hydrogens (tertiary/aromatic N) is 1. The molecule has 24 heavy (non-hydrogen) atoms. The number of aliphatic hydroxyl groups is 1. The fourth-order valence-corrected chi connectivity index (χ4v) is 3.19. The molecule has 0 bridgehead atoms. The van der Waals surface area contributed by atoms with Crippen molar-refractivity contribution >= 4 is 5.69 Å². The molecule has 4 nitrogen and oxygen atoms in total. The molecule has 1 heterocycles. The van der Waals surface area contributed by atoms with Crippen LogP contribution in [0.15, 0.2) is 48.5 Å². The number of rotatable bonds is 5. The number of piperazine rings is 1. The summed E-state index contributed by atoms with van der Waals surface area (Å²) in [5, 5.41) is 10.4. The lowest BCUT2D eigenvalue weighted by molar-refractivity contribution is -0.904. The van der Waals surface area contributed by atoms with Gasteiger partial charge in [0.1, 0.15) is 24.2 Å². The van der Waals surface area contributed by atoms with E-state index in [4.69, 9.17) is 4.74 Å². The van der Waals surface area contributed by atoms with Crippen LogP contribution in [0.2, 0.25) is 0 Å². The lowest BCUT2D eigenvalue weighted by Gasteiger charge is -2.34. The summed E-state index contributed by atoms with van der Waals surface area (Å²) < 4.78 is 19.0. The molecule has 0 aliphatic carbocycles. The van der Waals surface area contributed by atoms with E-state index in [1.54, 1.807) is 13.2 Å². The maximum atomic E-state index is 13.9. The van der Waals surface area contributed by atoms with Crippen LogP contribution >= 0.6 is 0 Å². The summed E-state index contributed by atoms with van der Waals surface area (Å²) in [6.45, 7) is 4.04. The lowest BCUT2D eigenvalue weighted by atomic mass is 10.1. The zero-order valence-corrected chi connectivity index (χ0v) is 13.9. The molecule has 1 fully saturated rings. The van der Waals surface area contributed by atoms with Crippen LogP contribution in [0, 0.1) is 5.82 Å². The molecule has 1 aliphatic heterocycles. The Hall–Kier alpha value is -2.11. The van der Waals surface area contributed by atoms with Crippen molar-refractivity contribution < 1.29 is 19.1 Å². The average molecular weight is 331 g/mol. The first-order valence-electron chi connectivity index (χ1n) is 8.32. The van der Waals surface area contributed by atoms with Gasteiger partial charge in [-0.05, 0) is 29.8 Å². The molecule has 2 aromatic rings. The number of hydrogen-bond donors (Lipinski definition) is 2. The van der Waals surface area contributed by atoms with E-state index in [-0.39, 0.29) is 5.82 Å². The molecule has 1 atom stereocenters. The molecular formula is C19H24FN2O2+. The average Bonchev–Trinajstić information content (AvgIpc) is 2.63. The van der Waals surface area contributed by atoms with E-state index in [1.807, 2.05) is 36.4 Å². The Labute approximate surface area is 142 Å². The molecular weight excluding hydrogens is 307 g/mol. The number of benzene rings is 2. The molecule has 0 amide bonds.